The minimum absolute atomic E-state index is 0.0897. The van der Waals surface area contributed by atoms with Crippen LogP contribution in [-0.2, 0) is 14.3 Å². The van der Waals surface area contributed by atoms with Gasteiger partial charge in [-0.05, 0) is 18.3 Å². The first kappa shape index (κ1) is 7.77. The number of hydrogen-bond acceptors (Lipinski definition) is 3. The van der Waals surface area contributed by atoms with Gasteiger partial charge >= 0.3 is 5.97 Å². The molecule has 0 N–H and O–H groups in total. The number of ketones is 1. The molecule has 0 aromatic carbocycles. The summed E-state index contributed by atoms with van der Waals surface area (Å²) in [5.74, 6) is 0.419. The van der Waals surface area contributed by atoms with E-state index >= 15 is 0 Å². The summed E-state index contributed by atoms with van der Waals surface area (Å²) in [6.45, 7) is 2.03. The predicted molar refractivity (Wildman–Crippen MR) is 41.3 cm³/mol. The van der Waals surface area contributed by atoms with Gasteiger partial charge in [-0.1, -0.05) is 6.92 Å². The van der Waals surface area contributed by atoms with Crippen molar-refractivity contribution >= 4 is 11.8 Å². The highest BCUT2D eigenvalue weighted by Crippen LogP contribution is 2.64. The molecular formula is C9H12O3. The van der Waals surface area contributed by atoms with E-state index in [1.54, 1.807) is 0 Å². The van der Waals surface area contributed by atoms with Crippen molar-refractivity contribution in [3.8, 4) is 0 Å². The molecule has 2 fully saturated rings. The summed E-state index contributed by atoms with van der Waals surface area (Å²) in [6, 6.07) is 0. The highest BCUT2D eigenvalue weighted by Gasteiger charge is 2.71. The monoisotopic (exact) mass is 168 g/mol. The zero-order chi connectivity index (χ0) is 8.93. The Morgan fingerprint density at radius 3 is 2.67 bits per heavy atom. The maximum Gasteiger partial charge on any atom is 0.319 e. The Kier molecular flexibility index (Phi) is 1.35. The average Bonchev–Trinajstić information content (AvgIpc) is 2.73. The maximum absolute atomic E-state index is 11.4. The van der Waals surface area contributed by atoms with Crippen LogP contribution in [0, 0.1) is 17.3 Å². The van der Waals surface area contributed by atoms with Gasteiger partial charge in [-0.25, -0.2) is 0 Å². The Morgan fingerprint density at radius 2 is 2.33 bits per heavy atom. The summed E-state index contributed by atoms with van der Waals surface area (Å²) in [5, 5.41) is 0. The van der Waals surface area contributed by atoms with Crippen LogP contribution in [0.3, 0.4) is 0 Å². The number of hydrogen-bond donors (Lipinski definition) is 0. The third kappa shape index (κ3) is 0.667. The number of carbonyl (C=O) groups excluding carboxylic acids is 2. The van der Waals surface area contributed by atoms with E-state index < -0.39 is 5.41 Å². The maximum atomic E-state index is 11.4. The number of rotatable bonds is 1. The Labute approximate surface area is 71.1 Å². The van der Waals surface area contributed by atoms with Crippen molar-refractivity contribution < 1.29 is 14.3 Å². The summed E-state index contributed by atoms with van der Waals surface area (Å²) >= 11 is 0. The van der Waals surface area contributed by atoms with E-state index in [4.69, 9.17) is 0 Å². The first-order chi connectivity index (χ1) is 5.63. The number of methoxy groups -OCH3 is 1. The normalized spacial score (nSPS) is 44.0. The van der Waals surface area contributed by atoms with Gasteiger partial charge in [0.15, 0.2) is 5.78 Å². The molecule has 0 aliphatic heterocycles. The number of esters is 1. The lowest BCUT2D eigenvalue weighted by molar-refractivity contribution is -0.150. The van der Waals surface area contributed by atoms with Crippen LogP contribution in [0.4, 0.5) is 0 Å². The Bertz CT molecular complexity index is 248. The standard InChI is InChI=1S/C9H12O3/c1-5-3-7(10)9(4-6(5)9)8(11)12-2/h5-6H,3-4H2,1-2H3/t5-,6-,9+/m0/s1. The van der Waals surface area contributed by atoms with Crippen molar-refractivity contribution in [2.45, 2.75) is 19.8 Å². The van der Waals surface area contributed by atoms with Crippen molar-refractivity contribution in [3.05, 3.63) is 0 Å². The average molecular weight is 168 g/mol. The zero-order valence-corrected chi connectivity index (χ0v) is 7.29. The van der Waals surface area contributed by atoms with Gasteiger partial charge in [0.05, 0.1) is 7.11 Å². The molecule has 0 aromatic rings. The van der Waals surface area contributed by atoms with Gasteiger partial charge in [0.1, 0.15) is 5.41 Å². The molecule has 3 heteroatoms. The van der Waals surface area contributed by atoms with Gasteiger partial charge < -0.3 is 4.74 Å². The van der Waals surface area contributed by atoms with Crippen LogP contribution >= 0.6 is 0 Å². The van der Waals surface area contributed by atoms with Crippen molar-refractivity contribution in [1.82, 2.24) is 0 Å². The Morgan fingerprint density at radius 1 is 1.67 bits per heavy atom. The lowest BCUT2D eigenvalue weighted by Crippen LogP contribution is -2.24. The first-order valence-electron chi connectivity index (χ1n) is 4.24. The molecule has 0 bridgehead atoms. The fraction of sp³-hybridized carbons (Fsp3) is 0.778. The van der Waals surface area contributed by atoms with E-state index in [1.165, 1.54) is 7.11 Å². The van der Waals surface area contributed by atoms with Crippen LogP contribution < -0.4 is 0 Å². The number of carbonyl (C=O) groups is 2. The number of Topliss-reactive ketones (excluding diaryl/α,β-unsaturated/α-hetero) is 1. The second-order valence-corrected chi connectivity index (χ2v) is 3.88. The third-order valence-corrected chi connectivity index (χ3v) is 3.26. The van der Waals surface area contributed by atoms with Gasteiger partial charge in [-0.15, -0.1) is 0 Å². The highest BCUT2D eigenvalue weighted by molar-refractivity contribution is 6.09. The summed E-state index contributed by atoms with van der Waals surface area (Å²) in [5.41, 5.74) is -0.700. The molecule has 0 aromatic heterocycles. The van der Waals surface area contributed by atoms with Crippen molar-refractivity contribution in [3.63, 3.8) is 0 Å². The fourth-order valence-electron chi connectivity index (χ4n) is 2.44. The highest BCUT2D eigenvalue weighted by atomic mass is 16.5. The van der Waals surface area contributed by atoms with E-state index in [-0.39, 0.29) is 17.7 Å². The molecule has 0 saturated heterocycles. The minimum Gasteiger partial charge on any atom is -0.468 e. The molecule has 0 spiro atoms. The molecule has 2 aliphatic rings. The second kappa shape index (κ2) is 2.09. The van der Waals surface area contributed by atoms with Crippen molar-refractivity contribution in [2.75, 3.05) is 7.11 Å². The lowest BCUT2D eigenvalue weighted by atomic mass is 10.0. The molecule has 0 unspecified atom stereocenters. The molecule has 2 saturated carbocycles. The first-order valence-corrected chi connectivity index (χ1v) is 4.24. The Hall–Kier alpha value is -0.860. The number of fused-ring (bicyclic) bond motifs is 1. The molecule has 3 atom stereocenters. The van der Waals surface area contributed by atoms with Crippen LogP contribution in [-0.4, -0.2) is 18.9 Å². The predicted octanol–water partition coefficient (Wildman–Crippen LogP) is 0.775. The largest absolute Gasteiger partial charge is 0.468 e. The Balaban J connectivity index is 2.26. The molecule has 0 amide bonds. The van der Waals surface area contributed by atoms with Gasteiger partial charge in [0, 0.05) is 6.42 Å². The second-order valence-electron chi connectivity index (χ2n) is 3.88. The van der Waals surface area contributed by atoms with Crippen LogP contribution in [0.2, 0.25) is 0 Å². The van der Waals surface area contributed by atoms with Crippen LogP contribution in [0.15, 0.2) is 0 Å². The fourth-order valence-corrected chi connectivity index (χ4v) is 2.44. The topological polar surface area (TPSA) is 43.4 Å². The van der Waals surface area contributed by atoms with Crippen molar-refractivity contribution in [1.29, 1.82) is 0 Å². The van der Waals surface area contributed by atoms with Crippen LogP contribution in [0.5, 0.6) is 0 Å². The smallest absolute Gasteiger partial charge is 0.319 e. The van der Waals surface area contributed by atoms with Crippen LogP contribution in [0.1, 0.15) is 19.8 Å². The van der Waals surface area contributed by atoms with E-state index in [1.807, 2.05) is 6.92 Å². The lowest BCUT2D eigenvalue weighted by Gasteiger charge is -2.05. The summed E-state index contributed by atoms with van der Waals surface area (Å²) in [4.78, 5) is 22.7. The SMILES string of the molecule is COC(=O)[C@]12C[C@H]1[C@@H](C)CC2=O. The molecule has 0 heterocycles. The molecule has 2 aliphatic carbocycles. The quantitative estimate of drug-likeness (QED) is 0.429. The summed E-state index contributed by atoms with van der Waals surface area (Å²) < 4.78 is 4.64. The van der Waals surface area contributed by atoms with E-state index in [9.17, 15) is 9.59 Å². The molecule has 0 radical (unpaired) electrons. The van der Waals surface area contributed by atoms with Gasteiger partial charge in [-0.2, -0.15) is 0 Å². The molecule has 12 heavy (non-hydrogen) atoms. The van der Waals surface area contributed by atoms with Gasteiger partial charge in [0.2, 0.25) is 0 Å². The molecular weight excluding hydrogens is 156 g/mol. The summed E-state index contributed by atoms with van der Waals surface area (Å²) in [7, 11) is 1.35. The van der Waals surface area contributed by atoms with Crippen LogP contribution in [0.25, 0.3) is 0 Å². The minimum atomic E-state index is -0.700. The van der Waals surface area contributed by atoms with E-state index in [0.29, 0.717) is 12.3 Å². The van der Waals surface area contributed by atoms with Gasteiger partial charge in [-0.3, -0.25) is 9.59 Å². The number of ether oxygens (including phenoxy) is 1. The van der Waals surface area contributed by atoms with Crippen molar-refractivity contribution in [2.24, 2.45) is 17.3 Å². The van der Waals surface area contributed by atoms with E-state index in [2.05, 4.69) is 4.74 Å². The molecule has 66 valence electrons. The summed E-state index contributed by atoms with van der Waals surface area (Å²) in [6.07, 6.45) is 1.28. The zero-order valence-electron chi connectivity index (χ0n) is 7.29. The van der Waals surface area contributed by atoms with E-state index in [0.717, 1.165) is 6.42 Å². The third-order valence-electron chi connectivity index (χ3n) is 3.26. The van der Waals surface area contributed by atoms with Gasteiger partial charge in [0.25, 0.3) is 0 Å². The molecule has 3 nitrogen and oxygen atoms in total. The molecule has 2 rings (SSSR count).